The van der Waals surface area contributed by atoms with Gasteiger partial charge in [-0.15, -0.1) is 0 Å². The van der Waals surface area contributed by atoms with Crippen LogP contribution in [0.15, 0.2) is 65.8 Å². The van der Waals surface area contributed by atoms with Crippen molar-refractivity contribution in [3.8, 4) is 0 Å². The van der Waals surface area contributed by atoms with Crippen molar-refractivity contribution >= 4 is 21.6 Å². The lowest BCUT2D eigenvalue weighted by Gasteiger charge is -2.13. The number of halogens is 1. The van der Waals surface area contributed by atoms with E-state index in [1.165, 1.54) is 24.4 Å². The summed E-state index contributed by atoms with van der Waals surface area (Å²) in [5.41, 5.74) is 2.30. The van der Waals surface area contributed by atoms with Crippen LogP contribution in [0.5, 0.6) is 0 Å². The highest BCUT2D eigenvalue weighted by Crippen LogP contribution is 2.20. The highest BCUT2D eigenvalue weighted by Gasteiger charge is 2.22. The lowest BCUT2D eigenvalue weighted by Crippen LogP contribution is -2.26. The molecule has 150 valence electrons. The molecule has 0 saturated carbocycles. The van der Waals surface area contributed by atoms with E-state index < -0.39 is 15.9 Å². The summed E-state index contributed by atoms with van der Waals surface area (Å²) in [6.45, 7) is 3.57. The van der Waals surface area contributed by atoms with E-state index in [0.717, 1.165) is 5.56 Å². The fourth-order valence-electron chi connectivity index (χ4n) is 2.80. The molecule has 0 aliphatic rings. The molecule has 0 fully saturated rings. The standard InChI is InChI=1S/C21H20FN3O3S/c1-14-9-17(13-23-11-14)25-29(27,28)20-6-4-3-5-18(20)21(26)24-12-16-7-8-19(22)15(2)10-16/h3-11,13,25H,12H2,1-2H3,(H,24,26). The molecule has 3 aromatic rings. The van der Waals surface area contributed by atoms with Crippen LogP contribution in [0.3, 0.4) is 0 Å². The summed E-state index contributed by atoms with van der Waals surface area (Å²) >= 11 is 0. The van der Waals surface area contributed by atoms with Crippen LogP contribution in [0.25, 0.3) is 0 Å². The number of pyridine rings is 1. The second-order valence-corrected chi connectivity index (χ2v) is 8.27. The molecule has 0 saturated heterocycles. The average molecular weight is 413 g/mol. The predicted molar refractivity (Wildman–Crippen MR) is 109 cm³/mol. The Labute approximate surface area is 168 Å². The van der Waals surface area contributed by atoms with Crippen LogP contribution in [-0.2, 0) is 16.6 Å². The number of nitrogens with zero attached hydrogens (tertiary/aromatic N) is 1. The largest absolute Gasteiger partial charge is 0.348 e. The zero-order chi connectivity index (χ0) is 21.0. The van der Waals surface area contributed by atoms with E-state index >= 15 is 0 Å². The van der Waals surface area contributed by atoms with Gasteiger partial charge in [-0.05, 0) is 54.8 Å². The van der Waals surface area contributed by atoms with Crippen LogP contribution in [-0.4, -0.2) is 19.3 Å². The number of carbonyl (C=O) groups is 1. The monoisotopic (exact) mass is 413 g/mol. The van der Waals surface area contributed by atoms with Crippen LogP contribution in [0, 0.1) is 19.7 Å². The Kier molecular flexibility index (Phi) is 5.93. The van der Waals surface area contributed by atoms with E-state index in [4.69, 9.17) is 0 Å². The fourth-order valence-corrected chi connectivity index (χ4v) is 4.04. The Morgan fingerprint density at radius 1 is 1.07 bits per heavy atom. The Bertz CT molecular complexity index is 1160. The number of sulfonamides is 1. The molecule has 2 N–H and O–H groups in total. The second-order valence-electron chi connectivity index (χ2n) is 6.62. The molecule has 1 aromatic heterocycles. The number of anilines is 1. The third-order valence-corrected chi connectivity index (χ3v) is 5.66. The van der Waals surface area contributed by atoms with Crippen LogP contribution < -0.4 is 10.0 Å². The summed E-state index contributed by atoms with van der Waals surface area (Å²) in [5.74, 6) is -0.872. The predicted octanol–water partition coefficient (Wildman–Crippen LogP) is 3.57. The van der Waals surface area contributed by atoms with Gasteiger partial charge in [0.05, 0.1) is 17.4 Å². The summed E-state index contributed by atoms with van der Waals surface area (Å²) in [7, 11) is -4.00. The van der Waals surface area contributed by atoms with Gasteiger partial charge in [-0.25, -0.2) is 12.8 Å². The Morgan fingerprint density at radius 3 is 2.55 bits per heavy atom. The molecule has 29 heavy (non-hydrogen) atoms. The first-order valence-corrected chi connectivity index (χ1v) is 10.3. The molecule has 0 spiro atoms. The summed E-state index contributed by atoms with van der Waals surface area (Å²) in [5, 5.41) is 2.68. The molecule has 1 amide bonds. The first-order chi connectivity index (χ1) is 13.8. The van der Waals surface area contributed by atoms with Gasteiger partial charge in [-0.1, -0.05) is 24.3 Å². The van der Waals surface area contributed by atoms with Gasteiger partial charge in [0.25, 0.3) is 15.9 Å². The molecule has 1 heterocycles. The lowest BCUT2D eigenvalue weighted by atomic mass is 10.1. The van der Waals surface area contributed by atoms with Crippen molar-refractivity contribution in [1.82, 2.24) is 10.3 Å². The number of aryl methyl sites for hydroxylation is 2. The van der Waals surface area contributed by atoms with Crippen molar-refractivity contribution in [2.24, 2.45) is 0 Å². The van der Waals surface area contributed by atoms with E-state index in [2.05, 4.69) is 15.0 Å². The number of carbonyl (C=O) groups excluding carboxylic acids is 1. The molecular formula is C21H20FN3O3S. The number of hydrogen-bond donors (Lipinski definition) is 2. The van der Waals surface area contributed by atoms with E-state index in [9.17, 15) is 17.6 Å². The van der Waals surface area contributed by atoms with Gasteiger partial charge in [0.15, 0.2) is 0 Å². The van der Waals surface area contributed by atoms with Crippen molar-refractivity contribution in [3.05, 3.63) is 89.0 Å². The number of benzene rings is 2. The van der Waals surface area contributed by atoms with E-state index in [1.807, 2.05) is 0 Å². The van der Waals surface area contributed by atoms with Gasteiger partial charge in [0.2, 0.25) is 0 Å². The molecule has 3 rings (SSSR count). The molecule has 0 bridgehead atoms. The topological polar surface area (TPSA) is 88.2 Å². The van der Waals surface area contributed by atoms with Crippen molar-refractivity contribution < 1.29 is 17.6 Å². The number of amides is 1. The van der Waals surface area contributed by atoms with Crippen molar-refractivity contribution in [2.75, 3.05) is 4.72 Å². The average Bonchev–Trinajstić information content (AvgIpc) is 2.68. The maximum absolute atomic E-state index is 13.4. The second kappa shape index (κ2) is 8.40. The highest BCUT2D eigenvalue weighted by molar-refractivity contribution is 7.92. The van der Waals surface area contributed by atoms with Crippen molar-refractivity contribution in [2.45, 2.75) is 25.3 Å². The number of nitrogens with one attached hydrogen (secondary N) is 2. The van der Waals surface area contributed by atoms with E-state index in [1.54, 1.807) is 50.4 Å². The van der Waals surface area contributed by atoms with Crippen LogP contribution in [0.2, 0.25) is 0 Å². The number of aromatic nitrogens is 1. The molecule has 0 radical (unpaired) electrons. The van der Waals surface area contributed by atoms with E-state index in [0.29, 0.717) is 16.8 Å². The molecule has 6 nitrogen and oxygen atoms in total. The van der Waals surface area contributed by atoms with E-state index in [-0.39, 0.29) is 22.8 Å². The summed E-state index contributed by atoms with van der Waals surface area (Å²) in [6, 6.07) is 12.1. The van der Waals surface area contributed by atoms with Crippen LogP contribution in [0.4, 0.5) is 10.1 Å². The Morgan fingerprint density at radius 2 is 1.83 bits per heavy atom. The zero-order valence-corrected chi connectivity index (χ0v) is 16.8. The Balaban J connectivity index is 1.81. The minimum atomic E-state index is -4.00. The molecular weight excluding hydrogens is 393 g/mol. The molecule has 2 aromatic carbocycles. The third-order valence-electron chi connectivity index (χ3n) is 4.22. The molecule has 0 unspecified atom stereocenters. The van der Waals surface area contributed by atoms with Crippen molar-refractivity contribution in [3.63, 3.8) is 0 Å². The van der Waals surface area contributed by atoms with Gasteiger partial charge in [0, 0.05) is 12.7 Å². The number of hydrogen-bond acceptors (Lipinski definition) is 4. The van der Waals surface area contributed by atoms with Gasteiger partial charge >= 0.3 is 0 Å². The van der Waals surface area contributed by atoms with Gasteiger partial charge in [0.1, 0.15) is 10.7 Å². The SMILES string of the molecule is Cc1cncc(NS(=O)(=O)c2ccccc2C(=O)NCc2ccc(F)c(C)c2)c1. The molecule has 0 aliphatic heterocycles. The lowest BCUT2D eigenvalue weighted by molar-refractivity contribution is 0.0947. The van der Waals surface area contributed by atoms with Crippen LogP contribution >= 0.6 is 0 Å². The minimum Gasteiger partial charge on any atom is -0.348 e. The first-order valence-electron chi connectivity index (χ1n) is 8.83. The fraction of sp³-hybridized carbons (Fsp3) is 0.143. The van der Waals surface area contributed by atoms with Crippen molar-refractivity contribution in [1.29, 1.82) is 0 Å². The minimum absolute atomic E-state index is 0.0134. The summed E-state index contributed by atoms with van der Waals surface area (Å²) in [4.78, 5) is 16.5. The van der Waals surface area contributed by atoms with Gasteiger partial charge in [-0.2, -0.15) is 0 Å². The van der Waals surface area contributed by atoms with Crippen LogP contribution in [0.1, 0.15) is 27.0 Å². The maximum Gasteiger partial charge on any atom is 0.262 e. The quantitative estimate of drug-likeness (QED) is 0.647. The summed E-state index contributed by atoms with van der Waals surface area (Å²) in [6.07, 6.45) is 3.00. The molecule has 8 heteroatoms. The zero-order valence-electron chi connectivity index (χ0n) is 15.9. The highest BCUT2D eigenvalue weighted by atomic mass is 32.2. The maximum atomic E-state index is 13.4. The summed E-state index contributed by atoms with van der Waals surface area (Å²) < 4.78 is 41.5. The van der Waals surface area contributed by atoms with Gasteiger partial charge < -0.3 is 5.32 Å². The third kappa shape index (κ3) is 4.97. The Hall–Kier alpha value is -3.26. The molecule has 0 aliphatic carbocycles. The first kappa shape index (κ1) is 20.5. The normalized spacial score (nSPS) is 11.1. The van der Waals surface area contributed by atoms with Gasteiger partial charge in [-0.3, -0.25) is 14.5 Å². The smallest absolute Gasteiger partial charge is 0.262 e. The number of rotatable bonds is 6. The molecule has 0 atom stereocenters.